The van der Waals surface area contributed by atoms with Gasteiger partial charge in [0.25, 0.3) is 0 Å². The highest BCUT2D eigenvalue weighted by Crippen LogP contribution is 2.29. The van der Waals surface area contributed by atoms with Crippen LogP contribution in [0.25, 0.3) is 21.9 Å². The Morgan fingerprint density at radius 3 is 3.00 bits per heavy atom. The van der Waals surface area contributed by atoms with Gasteiger partial charge in [0.15, 0.2) is 0 Å². The van der Waals surface area contributed by atoms with Crippen LogP contribution in [0.1, 0.15) is 0 Å². The van der Waals surface area contributed by atoms with Gasteiger partial charge in [-0.25, -0.2) is 4.98 Å². The van der Waals surface area contributed by atoms with Crippen LogP contribution in [-0.2, 0) is 0 Å². The number of nitrogens with zero attached hydrogens (tertiary/aromatic N) is 2. The molecule has 0 atom stereocenters. The van der Waals surface area contributed by atoms with E-state index in [0.29, 0.717) is 5.88 Å². The molecule has 0 amide bonds. The summed E-state index contributed by atoms with van der Waals surface area (Å²) in [6, 6.07) is 6.01. The molecule has 80 valence electrons. The Morgan fingerprint density at radius 2 is 2.19 bits per heavy atom. The van der Waals surface area contributed by atoms with Crippen molar-refractivity contribution in [2.45, 2.75) is 0 Å². The maximum atomic E-state index is 5.19. The summed E-state index contributed by atoms with van der Waals surface area (Å²) >= 11 is 3.45. The molecule has 0 spiro atoms. The molecule has 1 N–H and O–H groups in total. The molecule has 0 fully saturated rings. The normalized spacial score (nSPS) is 11.1. The molecule has 0 bridgehead atoms. The molecule has 0 saturated carbocycles. The first-order valence-corrected chi connectivity index (χ1v) is 5.55. The number of hydrogen-bond acceptors (Lipinski definition) is 3. The molecule has 3 rings (SSSR count). The topological polar surface area (TPSA) is 50.8 Å². The summed E-state index contributed by atoms with van der Waals surface area (Å²) in [5, 5.41) is 1.06. The van der Waals surface area contributed by atoms with Crippen molar-refractivity contribution in [1.82, 2.24) is 15.0 Å². The Labute approximate surface area is 99.8 Å². The highest BCUT2D eigenvalue weighted by molar-refractivity contribution is 9.10. The Balaban J connectivity index is 2.50. The summed E-state index contributed by atoms with van der Waals surface area (Å²) in [4.78, 5) is 11.6. The van der Waals surface area contributed by atoms with Crippen LogP contribution >= 0.6 is 15.9 Å². The van der Waals surface area contributed by atoms with E-state index in [0.717, 1.165) is 26.4 Å². The smallest absolute Gasteiger partial charge is 0.241 e. The second-order valence-corrected chi connectivity index (χ2v) is 4.34. The second kappa shape index (κ2) is 3.45. The number of benzene rings is 1. The van der Waals surface area contributed by atoms with Crippen molar-refractivity contribution in [1.29, 1.82) is 0 Å². The highest BCUT2D eigenvalue weighted by Gasteiger charge is 2.10. The van der Waals surface area contributed by atoms with E-state index in [1.807, 2.05) is 18.2 Å². The first kappa shape index (κ1) is 9.59. The minimum absolute atomic E-state index is 0.567. The predicted molar refractivity (Wildman–Crippen MR) is 65.6 cm³/mol. The number of ether oxygens (including phenoxy) is 1. The maximum absolute atomic E-state index is 5.19. The second-order valence-electron chi connectivity index (χ2n) is 3.42. The zero-order valence-corrected chi connectivity index (χ0v) is 10.1. The lowest BCUT2D eigenvalue weighted by Gasteiger charge is -1.97. The quantitative estimate of drug-likeness (QED) is 0.744. The van der Waals surface area contributed by atoms with Crippen molar-refractivity contribution >= 4 is 37.9 Å². The molecule has 1 aromatic carbocycles. The van der Waals surface area contributed by atoms with Crippen molar-refractivity contribution < 1.29 is 4.74 Å². The van der Waals surface area contributed by atoms with Crippen LogP contribution in [0.3, 0.4) is 0 Å². The predicted octanol–water partition coefficient (Wildman–Crippen LogP) is 2.88. The molecule has 2 aromatic heterocycles. The summed E-state index contributed by atoms with van der Waals surface area (Å²) in [6.07, 6.45) is 1.51. The number of methoxy groups -OCH3 is 1. The summed E-state index contributed by atoms with van der Waals surface area (Å²) < 4.78 is 6.22. The fourth-order valence-electron chi connectivity index (χ4n) is 1.80. The SMILES string of the molecule is COc1ncnc2c1[nH]c1ccc(Br)cc12. The Bertz CT molecular complexity index is 677. The maximum Gasteiger partial charge on any atom is 0.241 e. The van der Waals surface area contributed by atoms with Crippen LogP contribution in [-0.4, -0.2) is 22.1 Å². The molecule has 0 aliphatic carbocycles. The van der Waals surface area contributed by atoms with Crippen molar-refractivity contribution in [3.63, 3.8) is 0 Å². The van der Waals surface area contributed by atoms with Gasteiger partial charge in [-0.2, -0.15) is 4.98 Å². The number of H-pyrrole nitrogens is 1. The number of aromatic nitrogens is 3. The molecule has 0 unspecified atom stereocenters. The lowest BCUT2D eigenvalue weighted by molar-refractivity contribution is 0.402. The Kier molecular flexibility index (Phi) is 2.07. The number of halogens is 1. The monoisotopic (exact) mass is 277 g/mol. The van der Waals surface area contributed by atoms with Crippen LogP contribution < -0.4 is 4.74 Å². The van der Waals surface area contributed by atoms with Gasteiger partial charge in [0.2, 0.25) is 5.88 Å². The van der Waals surface area contributed by atoms with Crippen LogP contribution in [0.2, 0.25) is 0 Å². The van der Waals surface area contributed by atoms with E-state index in [9.17, 15) is 0 Å². The first-order valence-electron chi connectivity index (χ1n) is 4.75. The van der Waals surface area contributed by atoms with Gasteiger partial charge in [0.1, 0.15) is 17.4 Å². The highest BCUT2D eigenvalue weighted by atomic mass is 79.9. The van der Waals surface area contributed by atoms with Gasteiger partial charge in [-0.1, -0.05) is 15.9 Å². The molecule has 0 aliphatic heterocycles. The Morgan fingerprint density at radius 1 is 1.31 bits per heavy atom. The third-order valence-electron chi connectivity index (χ3n) is 2.50. The van der Waals surface area contributed by atoms with Gasteiger partial charge >= 0.3 is 0 Å². The van der Waals surface area contributed by atoms with E-state index in [-0.39, 0.29) is 0 Å². The molecule has 5 heteroatoms. The van der Waals surface area contributed by atoms with Gasteiger partial charge in [0, 0.05) is 15.4 Å². The summed E-state index contributed by atoms with van der Waals surface area (Å²) in [6.45, 7) is 0. The van der Waals surface area contributed by atoms with Crippen LogP contribution in [0.4, 0.5) is 0 Å². The summed E-state index contributed by atoms with van der Waals surface area (Å²) in [5.74, 6) is 0.567. The lowest BCUT2D eigenvalue weighted by Crippen LogP contribution is -1.89. The van der Waals surface area contributed by atoms with Crippen LogP contribution in [0.5, 0.6) is 5.88 Å². The third kappa shape index (κ3) is 1.28. The van der Waals surface area contributed by atoms with Gasteiger partial charge in [-0.05, 0) is 18.2 Å². The third-order valence-corrected chi connectivity index (χ3v) is 3.00. The zero-order chi connectivity index (χ0) is 11.1. The minimum Gasteiger partial charge on any atom is -0.479 e. The fraction of sp³-hybridized carbons (Fsp3) is 0.0909. The first-order chi connectivity index (χ1) is 7.79. The number of nitrogens with one attached hydrogen (secondary N) is 1. The number of rotatable bonds is 1. The average Bonchev–Trinajstić information content (AvgIpc) is 2.67. The molecule has 16 heavy (non-hydrogen) atoms. The molecular weight excluding hydrogens is 270 g/mol. The zero-order valence-electron chi connectivity index (χ0n) is 8.49. The molecule has 4 nitrogen and oxygen atoms in total. The summed E-state index contributed by atoms with van der Waals surface area (Å²) in [5.41, 5.74) is 2.73. The van der Waals surface area contributed by atoms with Gasteiger partial charge < -0.3 is 9.72 Å². The van der Waals surface area contributed by atoms with Crippen LogP contribution in [0.15, 0.2) is 29.0 Å². The largest absolute Gasteiger partial charge is 0.479 e. The number of hydrogen-bond donors (Lipinski definition) is 1. The van der Waals surface area contributed by atoms with E-state index in [1.165, 1.54) is 6.33 Å². The molecule has 0 aliphatic rings. The van der Waals surface area contributed by atoms with Crippen LogP contribution in [0, 0.1) is 0 Å². The van der Waals surface area contributed by atoms with E-state index in [2.05, 4.69) is 30.9 Å². The van der Waals surface area contributed by atoms with Gasteiger partial charge in [-0.15, -0.1) is 0 Å². The molecule has 2 heterocycles. The molecule has 0 radical (unpaired) electrons. The number of fused-ring (bicyclic) bond motifs is 3. The Hall–Kier alpha value is -1.62. The van der Waals surface area contributed by atoms with E-state index < -0.39 is 0 Å². The van der Waals surface area contributed by atoms with Crippen molar-refractivity contribution in [3.05, 3.63) is 29.0 Å². The standard InChI is InChI=1S/C11H8BrN3O/c1-16-11-10-9(13-5-14-11)7-4-6(12)2-3-8(7)15-10/h2-5,15H,1H3. The van der Waals surface area contributed by atoms with E-state index >= 15 is 0 Å². The van der Waals surface area contributed by atoms with Gasteiger partial charge in [-0.3, -0.25) is 0 Å². The van der Waals surface area contributed by atoms with Gasteiger partial charge in [0.05, 0.1) is 7.11 Å². The molecule has 3 aromatic rings. The van der Waals surface area contributed by atoms with Crippen molar-refractivity contribution in [2.24, 2.45) is 0 Å². The molecular formula is C11H8BrN3O. The average molecular weight is 278 g/mol. The van der Waals surface area contributed by atoms with E-state index in [4.69, 9.17) is 4.74 Å². The van der Waals surface area contributed by atoms with Crippen molar-refractivity contribution in [3.8, 4) is 5.88 Å². The lowest BCUT2D eigenvalue weighted by atomic mass is 10.2. The molecule has 0 saturated heterocycles. The minimum atomic E-state index is 0.567. The van der Waals surface area contributed by atoms with E-state index in [1.54, 1.807) is 7.11 Å². The van der Waals surface area contributed by atoms with Crippen molar-refractivity contribution in [2.75, 3.05) is 7.11 Å². The fourth-order valence-corrected chi connectivity index (χ4v) is 2.16. The summed E-state index contributed by atoms with van der Waals surface area (Å²) in [7, 11) is 1.60. The number of aromatic amines is 1.